The minimum Gasteiger partial charge on any atom is -0.481 e. The van der Waals surface area contributed by atoms with Crippen LogP contribution in [0.25, 0.3) is 0 Å². The third-order valence-corrected chi connectivity index (χ3v) is 2.56. The molecule has 0 aliphatic rings. The minimum absolute atomic E-state index is 0.132. The van der Waals surface area contributed by atoms with Crippen molar-refractivity contribution >= 4 is 18.6 Å². The number of hydrogen-bond acceptors (Lipinski definition) is 2. The van der Waals surface area contributed by atoms with Gasteiger partial charge in [-0.25, -0.2) is 0 Å². The molecule has 0 heterocycles. The van der Waals surface area contributed by atoms with E-state index >= 15 is 0 Å². The summed E-state index contributed by atoms with van der Waals surface area (Å²) in [5, 5.41) is 8.82. The molecule has 0 aliphatic heterocycles. The molecule has 2 atom stereocenters. The Morgan fingerprint density at radius 3 is 2.43 bits per heavy atom. The molecule has 0 aliphatic carbocycles. The van der Waals surface area contributed by atoms with Crippen molar-refractivity contribution < 1.29 is 9.90 Å². The molecule has 0 bridgehead atoms. The fourth-order valence-corrected chi connectivity index (χ4v) is 1.57. The summed E-state index contributed by atoms with van der Waals surface area (Å²) in [5.74, 6) is -1.20. The Morgan fingerprint density at radius 1 is 1.43 bits per heavy atom. The van der Waals surface area contributed by atoms with Crippen molar-refractivity contribution in [3.63, 3.8) is 0 Å². The van der Waals surface area contributed by atoms with Crippen LogP contribution in [0.1, 0.15) is 12.5 Å². The van der Waals surface area contributed by atoms with Crippen molar-refractivity contribution in [3.8, 4) is 0 Å². The van der Waals surface area contributed by atoms with Crippen molar-refractivity contribution in [3.05, 3.63) is 35.9 Å². The largest absolute Gasteiger partial charge is 0.481 e. The highest BCUT2D eigenvalue weighted by Gasteiger charge is 2.22. The lowest BCUT2D eigenvalue weighted by Gasteiger charge is -2.15. The van der Waals surface area contributed by atoms with Gasteiger partial charge in [0.1, 0.15) is 0 Å². The summed E-state index contributed by atoms with van der Waals surface area (Å²) in [6, 6.07) is 9.62. The first-order chi connectivity index (χ1) is 6.61. The van der Waals surface area contributed by atoms with E-state index in [1.807, 2.05) is 37.3 Å². The molecule has 1 N–H and O–H groups in total. The third-order valence-electron chi connectivity index (χ3n) is 2.20. The van der Waals surface area contributed by atoms with Gasteiger partial charge in [-0.05, 0) is 12.0 Å². The highest BCUT2D eigenvalue weighted by molar-refractivity contribution is 7.81. The number of carboxylic acid groups (broad SMARTS) is 1. The van der Waals surface area contributed by atoms with Gasteiger partial charge in [-0.1, -0.05) is 37.3 Å². The number of carbonyl (C=O) groups is 1. The first-order valence-electron chi connectivity index (χ1n) is 4.56. The molecule has 3 heteroatoms. The SMILES string of the molecule is C[C@@H](S)[C@@H](Cc1ccccc1)C(=O)O. The molecule has 0 radical (unpaired) electrons. The van der Waals surface area contributed by atoms with E-state index in [0.29, 0.717) is 6.42 Å². The number of benzene rings is 1. The molecule has 0 fully saturated rings. The van der Waals surface area contributed by atoms with Crippen LogP contribution in [0.5, 0.6) is 0 Å². The standard InChI is InChI=1S/C11H14O2S/c1-8(14)10(11(12)13)7-9-5-3-2-4-6-9/h2-6,8,10,14H,7H2,1H3,(H,12,13)/t8-,10-/m1/s1. The molecule has 0 aromatic heterocycles. The maximum absolute atomic E-state index is 10.9. The Balaban J connectivity index is 2.70. The predicted octanol–water partition coefficient (Wildman–Crippen LogP) is 2.25. The summed E-state index contributed by atoms with van der Waals surface area (Å²) in [4.78, 5) is 10.9. The van der Waals surface area contributed by atoms with Crippen molar-refractivity contribution in [1.82, 2.24) is 0 Å². The lowest BCUT2D eigenvalue weighted by Crippen LogP contribution is -2.24. The average molecular weight is 210 g/mol. The summed E-state index contributed by atoms with van der Waals surface area (Å²) < 4.78 is 0. The van der Waals surface area contributed by atoms with E-state index in [-0.39, 0.29) is 5.25 Å². The molecule has 1 aromatic carbocycles. The lowest BCUT2D eigenvalue weighted by molar-refractivity contribution is -0.141. The van der Waals surface area contributed by atoms with Crippen LogP contribution >= 0.6 is 12.6 Å². The number of carboxylic acids is 1. The van der Waals surface area contributed by atoms with Gasteiger partial charge in [0.25, 0.3) is 0 Å². The molecule has 1 aromatic rings. The van der Waals surface area contributed by atoms with Gasteiger partial charge in [-0.15, -0.1) is 0 Å². The Hall–Kier alpha value is -0.960. The molecule has 0 saturated carbocycles. The maximum atomic E-state index is 10.9. The van der Waals surface area contributed by atoms with Gasteiger partial charge in [-0.2, -0.15) is 12.6 Å². The normalized spacial score (nSPS) is 14.7. The Labute approximate surface area is 89.4 Å². The topological polar surface area (TPSA) is 37.3 Å². The van der Waals surface area contributed by atoms with Gasteiger partial charge in [0, 0.05) is 5.25 Å². The maximum Gasteiger partial charge on any atom is 0.307 e. The highest BCUT2D eigenvalue weighted by atomic mass is 32.1. The van der Waals surface area contributed by atoms with Crippen LogP contribution in [0.2, 0.25) is 0 Å². The van der Waals surface area contributed by atoms with Gasteiger partial charge >= 0.3 is 5.97 Å². The zero-order valence-electron chi connectivity index (χ0n) is 8.05. The van der Waals surface area contributed by atoms with Crippen LogP contribution in [0.15, 0.2) is 30.3 Å². The molecule has 14 heavy (non-hydrogen) atoms. The molecular weight excluding hydrogens is 196 g/mol. The van der Waals surface area contributed by atoms with Crippen molar-refractivity contribution in [1.29, 1.82) is 0 Å². The van der Waals surface area contributed by atoms with Crippen LogP contribution in [0, 0.1) is 5.92 Å². The van der Waals surface area contributed by atoms with Crippen LogP contribution in [-0.2, 0) is 11.2 Å². The monoisotopic (exact) mass is 210 g/mol. The average Bonchev–Trinajstić information content (AvgIpc) is 2.15. The highest BCUT2D eigenvalue weighted by Crippen LogP contribution is 2.16. The van der Waals surface area contributed by atoms with Crippen LogP contribution in [-0.4, -0.2) is 16.3 Å². The van der Waals surface area contributed by atoms with Gasteiger partial charge < -0.3 is 5.11 Å². The smallest absolute Gasteiger partial charge is 0.307 e. The number of thiol groups is 1. The van der Waals surface area contributed by atoms with Gasteiger partial charge in [0.15, 0.2) is 0 Å². The van der Waals surface area contributed by atoms with Gasteiger partial charge in [0.2, 0.25) is 0 Å². The summed E-state index contributed by atoms with van der Waals surface area (Å²) in [6.45, 7) is 1.81. The van der Waals surface area contributed by atoms with E-state index in [4.69, 9.17) is 5.11 Å². The van der Waals surface area contributed by atoms with Crippen molar-refractivity contribution in [2.45, 2.75) is 18.6 Å². The summed E-state index contributed by atoms with van der Waals surface area (Å²) in [5.41, 5.74) is 1.04. The second-order valence-corrected chi connectivity index (χ2v) is 4.19. The zero-order chi connectivity index (χ0) is 10.6. The van der Waals surface area contributed by atoms with Crippen molar-refractivity contribution in [2.24, 2.45) is 5.92 Å². The molecule has 1 rings (SSSR count). The summed E-state index contributed by atoms with van der Waals surface area (Å²) in [7, 11) is 0. The molecule has 2 nitrogen and oxygen atoms in total. The second-order valence-electron chi connectivity index (χ2n) is 3.38. The van der Waals surface area contributed by atoms with E-state index in [1.165, 1.54) is 0 Å². The first kappa shape index (κ1) is 11.1. The van der Waals surface area contributed by atoms with Crippen LogP contribution < -0.4 is 0 Å². The van der Waals surface area contributed by atoms with Crippen LogP contribution in [0.3, 0.4) is 0 Å². The number of rotatable bonds is 4. The third kappa shape index (κ3) is 3.07. The second kappa shape index (κ2) is 5.05. The Bertz CT molecular complexity index is 295. The molecule has 76 valence electrons. The van der Waals surface area contributed by atoms with E-state index in [9.17, 15) is 4.79 Å². The van der Waals surface area contributed by atoms with Crippen LogP contribution in [0.4, 0.5) is 0 Å². The minimum atomic E-state index is -0.781. The molecule has 0 saturated heterocycles. The molecule has 0 spiro atoms. The fraction of sp³-hybridized carbons (Fsp3) is 0.364. The Morgan fingerprint density at radius 2 is 2.00 bits per heavy atom. The molecule has 0 unspecified atom stereocenters. The lowest BCUT2D eigenvalue weighted by atomic mass is 9.97. The first-order valence-corrected chi connectivity index (χ1v) is 5.07. The van der Waals surface area contributed by atoms with E-state index < -0.39 is 11.9 Å². The van der Waals surface area contributed by atoms with E-state index in [2.05, 4.69) is 12.6 Å². The number of aliphatic carboxylic acids is 1. The van der Waals surface area contributed by atoms with E-state index in [0.717, 1.165) is 5.56 Å². The van der Waals surface area contributed by atoms with Gasteiger partial charge in [0.05, 0.1) is 5.92 Å². The quantitative estimate of drug-likeness (QED) is 0.748. The predicted molar refractivity (Wildman–Crippen MR) is 59.7 cm³/mol. The number of hydrogen-bond donors (Lipinski definition) is 2. The zero-order valence-corrected chi connectivity index (χ0v) is 8.95. The summed E-state index contributed by atoms with van der Waals surface area (Å²) in [6.07, 6.45) is 0.542. The molecular formula is C11H14O2S. The Kier molecular flexibility index (Phi) is 4.01. The van der Waals surface area contributed by atoms with Gasteiger partial charge in [-0.3, -0.25) is 4.79 Å². The fourth-order valence-electron chi connectivity index (χ4n) is 1.33. The summed E-state index contributed by atoms with van der Waals surface area (Å²) >= 11 is 4.18. The van der Waals surface area contributed by atoms with Crippen molar-refractivity contribution in [2.75, 3.05) is 0 Å². The van der Waals surface area contributed by atoms with E-state index in [1.54, 1.807) is 0 Å². The molecule has 0 amide bonds.